The Balaban J connectivity index is 1.68. The lowest BCUT2D eigenvalue weighted by molar-refractivity contribution is 0.628. The SMILES string of the molecule is CCCCCCc1ccc(-c2ccc(C#Cc3cc(C)c(N=C=S)c(F)c3)cc2)cc1. The van der Waals surface area contributed by atoms with E-state index in [0.717, 1.165) is 17.5 Å². The van der Waals surface area contributed by atoms with Crippen LogP contribution in [0, 0.1) is 24.6 Å². The largest absolute Gasteiger partial charge is 0.205 e. The maximum Gasteiger partial charge on any atom is 0.151 e. The van der Waals surface area contributed by atoms with Crippen LogP contribution in [0.1, 0.15) is 54.9 Å². The van der Waals surface area contributed by atoms with Crippen molar-refractivity contribution in [2.24, 2.45) is 4.99 Å². The van der Waals surface area contributed by atoms with Gasteiger partial charge < -0.3 is 0 Å². The highest BCUT2D eigenvalue weighted by atomic mass is 32.1. The molecule has 0 atom stereocenters. The fraction of sp³-hybridized carbons (Fsp3) is 0.250. The lowest BCUT2D eigenvalue weighted by Gasteiger charge is -2.05. The van der Waals surface area contributed by atoms with Crippen molar-refractivity contribution in [3.63, 3.8) is 0 Å². The van der Waals surface area contributed by atoms with Crippen LogP contribution in [0.15, 0.2) is 65.7 Å². The first kappa shape index (κ1) is 22.6. The Morgan fingerprint density at radius 1 is 0.839 bits per heavy atom. The molecule has 3 rings (SSSR count). The highest BCUT2D eigenvalue weighted by molar-refractivity contribution is 7.78. The van der Waals surface area contributed by atoms with Crippen LogP contribution in [-0.2, 0) is 6.42 Å². The standard InChI is InChI=1S/C28H26FNS/c1-3-4-5-6-7-22-10-14-25(15-11-22)26-16-12-23(13-17-26)8-9-24-18-21(2)28(30-20-31)27(29)19-24/h10-19H,3-7H2,1-2H3. The maximum absolute atomic E-state index is 14.1. The maximum atomic E-state index is 14.1. The van der Waals surface area contributed by atoms with Gasteiger partial charge in [-0.25, -0.2) is 4.39 Å². The van der Waals surface area contributed by atoms with E-state index in [-0.39, 0.29) is 5.69 Å². The molecule has 0 fully saturated rings. The lowest BCUT2D eigenvalue weighted by atomic mass is 10.00. The molecule has 3 heteroatoms. The normalized spacial score (nSPS) is 10.2. The van der Waals surface area contributed by atoms with Crippen molar-refractivity contribution in [3.05, 3.63) is 88.7 Å². The van der Waals surface area contributed by atoms with Crippen molar-refractivity contribution in [2.45, 2.75) is 46.0 Å². The molecule has 0 aliphatic rings. The van der Waals surface area contributed by atoms with Gasteiger partial charge in [-0.2, -0.15) is 4.99 Å². The molecule has 0 saturated carbocycles. The number of nitrogens with zero attached hydrogens (tertiary/aromatic N) is 1. The van der Waals surface area contributed by atoms with Crippen molar-refractivity contribution in [1.82, 2.24) is 0 Å². The number of hydrogen-bond acceptors (Lipinski definition) is 2. The second-order valence-electron chi connectivity index (χ2n) is 7.66. The highest BCUT2D eigenvalue weighted by Gasteiger charge is 2.06. The Morgan fingerprint density at radius 3 is 2.10 bits per heavy atom. The predicted molar refractivity (Wildman–Crippen MR) is 132 cm³/mol. The zero-order valence-corrected chi connectivity index (χ0v) is 18.9. The third kappa shape index (κ3) is 6.46. The molecule has 0 unspecified atom stereocenters. The highest BCUT2D eigenvalue weighted by Crippen LogP contribution is 2.24. The van der Waals surface area contributed by atoms with Crippen molar-refractivity contribution in [2.75, 3.05) is 0 Å². The molecule has 0 aliphatic carbocycles. The van der Waals surface area contributed by atoms with E-state index in [4.69, 9.17) is 0 Å². The minimum atomic E-state index is -0.439. The van der Waals surface area contributed by atoms with Crippen LogP contribution in [0.3, 0.4) is 0 Å². The molecule has 0 aliphatic heterocycles. The van der Waals surface area contributed by atoms with E-state index < -0.39 is 5.82 Å². The first-order valence-electron chi connectivity index (χ1n) is 10.7. The summed E-state index contributed by atoms with van der Waals surface area (Å²) in [5.74, 6) is 5.69. The number of benzene rings is 3. The number of rotatable bonds is 7. The van der Waals surface area contributed by atoms with Crippen LogP contribution in [0.2, 0.25) is 0 Å². The molecule has 0 heterocycles. The summed E-state index contributed by atoms with van der Waals surface area (Å²) >= 11 is 4.57. The third-order valence-electron chi connectivity index (χ3n) is 5.25. The molecule has 1 nitrogen and oxygen atoms in total. The Hall–Kier alpha value is -3.05. The third-order valence-corrected chi connectivity index (χ3v) is 5.35. The average molecular weight is 428 g/mol. The Kier molecular flexibility index (Phi) is 8.30. The molecule has 0 bridgehead atoms. The first-order valence-corrected chi connectivity index (χ1v) is 11.1. The molecule has 3 aromatic rings. The average Bonchev–Trinajstić information content (AvgIpc) is 2.79. The summed E-state index contributed by atoms with van der Waals surface area (Å²) < 4.78 is 14.1. The van der Waals surface area contributed by atoms with Gasteiger partial charge in [0.05, 0.1) is 5.16 Å². The number of halogens is 1. The Morgan fingerprint density at radius 2 is 1.48 bits per heavy atom. The van der Waals surface area contributed by atoms with Crippen molar-refractivity contribution in [3.8, 4) is 23.0 Å². The van der Waals surface area contributed by atoms with Crippen LogP contribution in [0.25, 0.3) is 11.1 Å². The van der Waals surface area contributed by atoms with E-state index >= 15 is 0 Å². The van der Waals surface area contributed by atoms with Crippen LogP contribution in [0.5, 0.6) is 0 Å². The van der Waals surface area contributed by atoms with Crippen LogP contribution >= 0.6 is 12.2 Å². The number of hydrogen-bond donors (Lipinski definition) is 0. The van der Waals surface area contributed by atoms with Crippen molar-refractivity contribution < 1.29 is 4.39 Å². The fourth-order valence-electron chi connectivity index (χ4n) is 3.51. The molecule has 0 radical (unpaired) electrons. The van der Waals surface area contributed by atoms with Crippen molar-refractivity contribution >= 4 is 23.1 Å². The number of unbranched alkanes of at least 4 members (excludes halogenated alkanes) is 3. The lowest BCUT2D eigenvalue weighted by Crippen LogP contribution is -1.87. The van der Waals surface area contributed by atoms with Gasteiger partial charge in [0, 0.05) is 11.1 Å². The second-order valence-corrected chi connectivity index (χ2v) is 7.84. The molecule has 0 spiro atoms. The summed E-state index contributed by atoms with van der Waals surface area (Å²) in [5, 5.41) is 2.21. The summed E-state index contributed by atoms with van der Waals surface area (Å²) in [7, 11) is 0. The second kappa shape index (κ2) is 11.4. The molecule has 0 N–H and O–H groups in total. The number of thiocarbonyl (C=S) groups is 1. The Labute approximate surface area is 190 Å². The molecular weight excluding hydrogens is 401 g/mol. The van der Waals surface area contributed by atoms with Gasteiger partial charge in [-0.15, -0.1) is 0 Å². The minimum Gasteiger partial charge on any atom is -0.205 e. The van der Waals surface area contributed by atoms with Gasteiger partial charge >= 0.3 is 0 Å². The van der Waals surface area contributed by atoms with E-state index in [2.05, 4.69) is 77.5 Å². The zero-order chi connectivity index (χ0) is 22.1. The van der Waals surface area contributed by atoms with Crippen LogP contribution in [-0.4, -0.2) is 5.16 Å². The van der Waals surface area contributed by atoms with Crippen molar-refractivity contribution in [1.29, 1.82) is 0 Å². The quantitative estimate of drug-likeness (QED) is 0.161. The number of isothiocyanates is 1. The molecular formula is C28H26FNS. The summed E-state index contributed by atoms with van der Waals surface area (Å²) in [6, 6.07) is 20.1. The molecule has 0 saturated heterocycles. The van der Waals surface area contributed by atoms with E-state index in [1.54, 1.807) is 13.0 Å². The monoisotopic (exact) mass is 427 g/mol. The Bertz CT molecular complexity index is 1110. The molecule has 0 aromatic heterocycles. The van der Waals surface area contributed by atoms with Crippen LogP contribution in [0.4, 0.5) is 10.1 Å². The van der Waals surface area contributed by atoms with E-state index in [1.807, 2.05) is 12.1 Å². The van der Waals surface area contributed by atoms with E-state index in [1.165, 1.54) is 42.9 Å². The topological polar surface area (TPSA) is 12.4 Å². The summed E-state index contributed by atoms with van der Waals surface area (Å²) in [6.07, 6.45) is 6.29. The van der Waals surface area contributed by atoms with Gasteiger partial charge in [-0.1, -0.05) is 74.4 Å². The summed E-state index contributed by atoms with van der Waals surface area (Å²) in [6.45, 7) is 4.02. The number of aryl methyl sites for hydroxylation is 2. The minimum absolute atomic E-state index is 0.219. The van der Waals surface area contributed by atoms with Crippen LogP contribution < -0.4 is 0 Å². The summed E-state index contributed by atoms with van der Waals surface area (Å²) in [4.78, 5) is 3.77. The number of aliphatic imine (C=N–C) groups is 1. The molecule has 3 aromatic carbocycles. The van der Waals surface area contributed by atoms with Gasteiger partial charge in [0.25, 0.3) is 0 Å². The first-order chi connectivity index (χ1) is 15.1. The van der Waals surface area contributed by atoms with E-state index in [0.29, 0.717) is 11.1 Å². The molecule has 156 valence electrons. The summed E-state index contributed by atoms with van der Waals surface area (Å²) in [5.41, 5.74) is 6.15. The van der Waals surface area contributed by atoms with Gasteiger partial charge in [-0.05, 0) is 78.5 Å². The van der Waals surface area contributed by atoms with Gasteiger partial charge in [0.2, 0.25) is 0 Å². The fourth-order valence-corrected chi connectivity index (χ4v) is 3.60. The van der Waals surface area contributed by atoms with Gasteiger partial charge in [-0.3, -0.25) is 0 Å². The zero-order valence-electron chi connectivity index (χ0n) is 18.0. The van der Waals surface area contributed by atoms with Gasteiger partial charge in [0.1, 0.15) is 5.69 Å². The predicted octanol–water partition coefficient (Wildman–Crippen LogP) is 8.06. The van der Waals surface area contributed by atoms with Gasteiger partial charge in [0.15, 0.2) is 5.82 Å². The smallest absolute Gasteiger partial charge is 0.151 e. The molecule has 0 amide bonds. The van der Waals surface area contributed by atoms with E-state index in [9.17, 15) is 4.39 Å². The molecule has 31 heavy (non-hydrogen) atoms.